The van der Waals surface area contributed by atoms with Crippen molar-refractivity contribution in [2.45, 2.75) is 40.3 Å². The normalized spacial score (nSPS) is 10.6. The van der Waals surface area contributed by atoms with Crippen LogP contribution in [0.15, 0.2) is 24.5 Å². The van der Waals surface area contributed by atoms with E-state index in [2.05, 4.69) is 39.0 Å². The van der Waals surface area contributed by atoms with Crippen LogP contribution in [0, 0.1) is 13.8 Å². The Morgan fingerprint density at radius 3 is 2.72 bits per heavy atom. The van der Waals surface area contributed by atoms with Gasteiger partial charge in [0, 0.05) is 31.2 Å². The minimum absolute atomic E-state index is 0.757. The van der Waals surface area contributed by atoms with E-state index >= 15 is 0 Å². The van der Waals surface area contributed by atoms with Crippen molar-refractivity contribution >= 4 is 5.95 Å². The Morgan fingerprint density at radius 1 is 1.22 bits per heavy atom. The highest BCUT2D eigenvalue weighted by Gasteiger charge is 2.04. The Labute approximate surface area is 108 Å². The van der Waals surface area contributed by atoms with Crippen LogP contribution in [-0.4, -0.2) is 14.5 Å². The van der Waals surface area contributed by atoms with Crippen molar-refractivity contribution in [3.05, 3.63) is 41.5 Å². The van der Waals surface area contributed by atoms with Crippen LogP contribution in [0.4, 0.5) is 5.95 Å². The van der Waals surface area contributed by atoms with Gasteiger partial charge in [-0.15, -0.1) is 0 Å². The zero-order valence-electron chi connectivity index (χ0n) is 11.3. The predicted octanol–water partition coefficient (Wildman–Crippen LogP) is 2.92. The van der Waals surface area contributed by atoms with Crippen molar-refractivity contribution in [1.29, 1.82) is 0 Å². The topological polar surface area (TPSA) is 42.7 Å². The second kappa shape index (κ2) is 5.67. The van der Waals surface area contributed by atoms with Gasteiger partial charge in [0.1, 0.15) is 0 Å². The molecule has 2 heterocycles. The number of rotatable bonds is 5. The number of nitrogens with zero attached hydrogens (tertiary/aromatic N) is 3. The lowest BCUT2D eigenvalue weighted by Gasteiger charge is -2.08. The molecule has 0 atom stereocenters. The molecule has 1 N–H and O–H groups in total. The average Bonchev–Trinajstić information content (AvgIpc) is 2.70. The lowest BCUT2D eigenvalue weighted by Crippen LogP contribution is -2.07. The second-order valence-electron chi connectivity index (χ2n) is 4.56. The van der Waals surface area contributed by atoms with E-state index in [-0.39, 0.29) is 0 Å². The van der Waals surface area contributed by atoms with Crippen LogP contribution in [0.25, 0.3) is 0 Å². The summed E-state index contributed by atoms with van der Waals surface area (Å²) in [7, 11) is 0. The summed E-state index contributed by atoms with van der Waals surface area (Å²) in [6.07, 6.45) is 5.10. The number of aryl methyl sites for hydroxylation is 3. The fraction of sp³-hybridized carbons (Fsp3) is 0.429. The monoisotopic (exact) mass is 244 g/mol. The Kier molecular flexibility index (Phi) is 3.97. The van der Waals surface area contributed by atoms with Gasteiger partial charge >= 0.3 is 0 Å². The van der Waals surface area contributed by atoms with Gasteiger partial charge in [0.15, 0.2) is 0 Å². The fourth-order valence-electron chi connectivity index (χ4n) is 1.88. The van der Waals surface area contributed by atoms with Gasteiger partial charge in [-0.3, -0.25) is 4.98 Å². The lowest BCUT2D eigenvalue weighted by molar-refractivity contribution is 0.681. The van der Waals surface area contributed by atoms with Crippen LogP contribution in [0.1, 0.15) is 30.3 Å². The summed E-state index contributed by atoms with van der Waals surface area (Å²) >= 11 is 0. The quantitative estimate of drug-likeness (QED) is 0.879. The van der Waals surface area contributed by atoms with E-state index in [1.165, 1.54) is 5.56 Å². The zero-order valence-corrected chi connectivity index (χ0v) is 11.3. The highest BCUT2D eigenvalue weighted by atomic mass is 15.2. The molecular weight excluding hydrogens is 224 g/mol. The van der Waals surface area contributed by atoms with E-state index < -0.39 is 0 Å². The molecule has 0 radical (unpaired) electrons. The number of anilines is 1. The number of nitrogens with one attached hydrogen (secondary N) is 1. The fourth-order valence-corrected chi connectivity index (χ4v) is 1.88. The molecule has 0 spiro atoms. The van der Waals surface area contributed by atoms with Gasteiger partial charge in [-0.05, 0) is 31.9 Å². The predicted molar refractivity (Wildman–Crippen MR) is 73.6 cm³/mol. The van der Waals surface area contributed by atoms with Gasteiger partial charge in [-0.1, -0.05) is 13.0 Å². The van der Waals surface area contributed by atoms with Crippen molar-refractivity contribution in [3.8, 4) is 0 Å². The maximum atomic E-state index is 4.49. The van der Waals surface area contributed by atoms with Crippen molar-refractivity contribution in [1.82, 2.24) is 14.5 Å². The summed E-state index contributed by atoms with van der Waals surface area (Å²) < 4.78 is 2.16. The molecule has 0 saturated carbocycles. The third-order valence-corrected chi connectivity index (χ3v) is 2.78. The maximum Gasteiger partial charge on any atom is 0.203 e. The summed E-state index contributed by atoms with van der Waals surface area (Å²) in [4.78, 5) is 8.78. The summed E-state index contributed by atoms with van der Waals surface area (Å²) in [6, 6.07) is 4.12. The van der Waals surface area contributed by atoms with Gasteiger partial charge in [-0.25, -0.2) is 4.98 Å². The smallest absolute Gasteiger partial charge is 0.203 e. The number of hydrogen-bond donors (Lipinski definition) is 1. The third-order valence-electron chi connectivity index (χ3n) is 2.78. The molecule has 2 aromatic rings. The van der Waals surface area contributed by atoms with Crippen LogP contribution in [-0.2, 0) is 13.1 Å². The van der Waals surface area contributed by atoms with Gasteiger partial charge in [0.25, 0.3) is 0 Å². The summed E-state index contributed by atoms with van der Waals surface area (Å²) in [5, 5.41) is 3.37. The summed E-state index contributed by atoms with van der Waals surface area (Å²) in [6.45, 7) is 7.94. The van der Waals surface area contributed by atoms with Crippen molar-refractivity contribution < 1.29 is 0 Å². The SMILES string of the molecule is CCCn1cc(C)nc1NCc1ccc(C)nc1. The molecule has 0 amide bonds. The molecule has 4 nitrogen and oxygen atoms in total. The van der Waals surface area contributed by atoms with E-state index in [0.717, 1.165) is 36.8 Å². The molecular formula is C14H20N4. The van der Waals surface area contributed by atoms with Crippen LogP contribution < -0.4 is 5.32 Å². The van der Waals surface area contributed by atoms with Gasteiger partial charge in [0.05, 0.1) is 5.69 Å². The van der Waals surface area contributed by atoms with Crippen molar-refractivity contribution in [2.75, 3.05) is 5.32 Å². The molecule has 0 saturated heterocycles. The molecule has 0 aliphatic carbocycles. The van der Waals surface area contributed by atoms with Crippen LogP contribution >= 0.6 is 0 Å². The highest BCUT2D eigenvalue weighted by Crippen LogP contribution is 2.11. The molecule has 2 aromatic heterocycles. The van der Waals surface area contributed by atoms with Crippen LogP contribution in [0.3, 0.4) is 0 Å². The van der Waals surface area contributed by atoms with Crippen molar-refractivity contribution in [3.63, 3.8) is 0 Å². The van der Waals surface area contributed by atoms with Gasteiger partial charge in [-0.2, -0.15) is 0 Å². The summed E-state index contributed by atoms with van der Waals surface area (Å²) in [5.41, 5.74) is 3.26. The highest BCUT2D eigenvalue weighted by molar-refractivity contribution is 5.30. The molecule has 0 bridgehead atoms. The Morgan fingerprint density at radius 2 is 2.06 bits per heavy atom. The van der Waals surface area contributed by atoms with Gasteiger partial charge < -0.3 is 9.88 Å². The average molecular weight is 244 g/mol. The Hall–Kier alpha value is -1.84. The lowest BCUT2D eigenvalue weighted by atomic mass is 10.2. The Balaban J connectivity index is 2.03. The largest absolute Gasteiger partial charge is 0.352 e. The Bertz CT molecular complexity index is 499. The van der Waals surface area contributed by atoms with E-state index in [1.54, 1.807) is 0 Å². The molecule has 96 valence electrons. The molecule has 18 heavy (non-hydrogen) atoms. The summed E-state index contributed by atoms with van der Waals surface area (Å²) in [5.74, 6) is 0.940. The first-order valence-corrected chi connectivity index (χ1v) is 6.38. The minimum atomic E-state index is 0.757. The van der Waals surface area contributed by atoms with Crippen LogP contribution in [0.2, 0.25) is 0 Å². The molecule has 0 fully saturated rings. The molecule has 4 heteroatoms. The van der Waals surface area contributed by atoms with Gasteiger partial charge in [0.2, 0.25) is 5.95 Å². The number of pyridine rings is 1. The number of aromatic nitrogens is 3. The molecule has 0 aliphatic heterocycles. The van der Waals surface area contributed by atoms with E-state index in [1.807, 2.05) is 26.1 Å². The first-order chi connectivity index (χ1) is 8.69. The first-order valence-electron chi connectivity index (χ1n) is 6.38. The standard InChI is InChI=1S/C14H20N4/c1-4-7-18-10-12(3)17-14(18)16-9-13-6-5-11(2)15-8-13/h5-6,8,10H,4,7,9H2,1-3H3,(H,16,17). The molecule has 0 aliphatic rings. The minimum Gasteiger partial charge on any atom is -0.352 e. The molecule has 2 rings (SSSR count). The van der Waals surface area contributed by atoms with E-state index in [9.17, 15) is 0 Å². The maximum absolute atomic E-state index is 4.49. The van der Waals surface area contributed by atoms with Crippen molar-refractivity contribution in [2.24, 2.45) is 0 Å². The first kappa shape index (κ1) is 12.6. The van der Waals surface area contributed by atoms with Crippen LogP contribution in [0.5, 0.6) is 0 Å². The number of imidazole rings is 1. The third kappa shape index (κ3) is 3.09. The molecule has 0 aromatic carbocycles. The van der Waals surface area contributed by atoms with E-state index in [4.69, 9.17) is 0 Å². The zero-order chi connectivity index (χ0) is 13.0. The number of hydrogen-bond acceptors (Lipinski definition) is 3. The van der Waals surface area contributed by atoms with E-state index in [0.29, 0.717) is 0 Å². The second-order valence-corrected chi connectivity index (χ2v) is 4.56. The molecule has 0 unspecified atom stereocenters.